The fourth-order valence-electron chi connectivity index (χ4n) is 5.82. The monoisotopic (exact) mass is 638 g/mol. The van der Waals surface area contributed by atoms with Crippen LogP contribution in [-0.2, 0) is 14.4 Å². The Kier molecular flexibility index (Phi) is 7.18. The predicted molar refractivity (Wildman–Crippen MR) is 170 cm³/mol. The molecule has 45 heavy (non-hydrogen) atoms. The van der Waals surface area contributed by atoms with Gasteiger partial charge in [-0.3, -0.25) is 29.3 Å². The van der Waals surface area contributed by atoms with Crippen molar-refractivity contribution in [1.29, 1.82) is 0 Å². The molecule has 0 unspecified atom stereocenters. The van der Waals surface area contributed by atoms with Crippen LogP contribution in [-0.4, -0.2) is 39.5 Å². The van der Waals surface area contributed by atoms with Gasteiger partial charge in [0.05, 0.1) is 21.6 Å². The van der Waals surface area contributed by atoms with E-state index in [0.717, 1.165) is 38.8 Å². The van der Waals surface area contributed by atoms with Gasteiger partial charge in [-0.2, -0.15) is 0 Å². The van der Waals surface area contributed by atoms with E-state index < -0.39 is 33.8 Å². The number of thioether (sulfide) groups is 1. The highest BCUT2D eigenvalue weighted by Crippen LogP contribution is 2.53. The number of hydrogen-bond acceptors (Lipinski definition) is 9. The topological polar surface area (TPSA) is 152 Å². The van der Waals surface area contributed by atoms with Crippen molar-refractivity contribution in [3.8, 4) is 5.75 Å². The maximum Gasteiger partial charge on any atom is 0.305 e. The molecule has 3 atom stereocenters. The zero-order valence-electron chi connectivity index (χ0n) is 23.2. The minimum atomic E-state index is -0.846. The molecule has 0 bridgehead atoms. The number of amides is 3. The number of fused-ring (bicyclic) bond motifs is 3. The highest BCUT2D eigenvalue weighted by atomic mass is 32.2. The molecule has 2 aliphatic heterocycles. The van der Waals surface area contributed by atoms with E-state index in [0.29, 0.717) is 26.9 Å². The van der Waals surface area contributed by atoms with E-state index >= 15 is 0 Å². The van der Waals surface area contributed by atoms with Crippen molar-refractivity contribution < 1.29 is 24.0 Å². The highest BCUT2D eigenvalue weighted by Gasteiger charge is 2.56. The van der Waals surface area contributed by atoms with Crippen LogP contribution in [0.5, 0.6) is 5.75 Å². The zero-order valence-corrected chi connectivity index (χ0v) is 24.8. The van der Waals surface area contributed by atoms with Gasteiger partial charge in [-0.1, -0.05) is 71.6 Å². The number of ether oxygens (including phenoxy) is 1. The second kappa shape index (κ2) is 11.3. The average Bonchev–Trinajstić information content (AvgIpc) is 3.54. The van der Waals surface area contributed by atoms with Crippen molar-refractivity contribution in [3.63, 3.8) is 0 Å². The van der Waals surface area contributed by atoms with Gasteiger partial charge in [0, 0.05) is 34.0 Å². The Balaban J connectivity index is 1.16. The summed E-state index contributed by atoms with van der Waals surface area (Å²) < 4.78 is 5.86. The van der Waals surface area contributed by atoms with Crippen molar-refractivity contribution >= 4 is 68.7 Å². The number of rotatable bonds is 7. The Bertz CT molecular complexity index is 2070. The van der Waals surface area contributed by atoms with Gasteiger partial charge in [-0.15, -0.1) is 0 Å². The first-order valence-corrected chi connectivity index (χ1v) is 15.5. The summed E-state index contributed by atoms with van der Waals surface area (Å²) in [5, 5.41) is 15.6. The predicted octanol–water partition coefficient (Wildman–Crippen LogP) is 5.31. The minimum Gasteiger partial charge on any atom is -0.484 e. The Hall–Kier alpha value is -5.27. The SMILES string of the molecule is O=C(COc1cccc([C@@H]2c3sc(=O)[nH]c3S[C@H]3C(=O)N(c4ccc([N+](=O)[O-])cc4)C(=O)[C@@H]23)c1)Nc1cccc2ccccc12. The summed E-state index contributed by atoms with van der Waals surface area (Å²) in [6, 6.07) is 25.5. The summed E-state index contributed by atoms with van der Waals surface area (Å²) >= 11 is 2.12. The fraction of sp³-hybridized carbons (Fsp3) is 0.125. The van der Waals surface area contributed by atoms with E-state index in [1.807, 2.05) is 42.5 Å². The van der Waals surface area contributed by atoms with Crippen LogP contribution in [0.25, 0.3) is 10.8 Å². The normalized spacial score (nSPS) is 18.8. The van der Waals surface area contributed by atoms with Gasteiger partial charge in [0.15, 0.2) is 6.61 Å². The highest BCUT2D eigenvalue weighted by molar-refractivity contribution is 8.00. The first-order chi connectivity index (χ1) is 21.8. The van der Waals surface area contributed by atoms with Gasteiger partial charge in [0.2, 0.25) is 11.8 Å². The van der Waals surface area contributed by atoms with E-state index in [2.05, 4.69) is 10.3 Å². The van der Waals surface area contributed by atoms with Crippen molar-refractivity contribution in [2.75, 3.05) is 16.8 Å². The lowest BCUT2D eigenvalue weighted by atomic mass is 9.83. The molecule has 224 valence electrons. The second-order valence-corrected chi connectivity index (χ2v) is 12.6. The number of nitro groups is 1. The van der Waals surface area contributed by atoms with E-state index in [9.17, 15) is 29.3 Å². The molecule has 5 aromatic rings. The number of aromatic amines is 1. The Morgan fingerprint density at radius 2 is 1.71 bits per heavy atom. The number of carbonyl (C=O) groups is 3. The van der Waals surface area contributed by atoms with E-state index in [4.69, 9.17) is 4.74 Å². The molecule has 4 aromatic carbocycles. The van der Waals surface area contributed by atoms with Crippen LogP contribution < -0.4 is 19.8 Å². The summed E-state index contributed by atoms with van der Waals surface area (Å²) in [4.78, 5) is 67.6. The third-order valence-electron chi connectivity index (χ3n) is 7.79. The number of imide groups is 1. The minimum absolute atomic E-state index is 0.162. The van der Waals surface area contributed by atoms with Crippen LogP contribution in [0.15, 0.2) is 101 Å². The van der Waals surface area contributed by atoms with Crippen LogP contribution in [0, 0.1) is 16.0 Å². The smallest absolute Gasteiger partial charge is 0.305 e. The lowest BCUT2D eigenvalue weighted by molar-refractivity contribution is -0.384. The molecule has 7 rings (SSSR count). The van der Waals surface area contributed by atoms with Gasteiger partial charge in [0.25, 0.3) is 11.6 Å². The van der Waals surface area contributed by atoms with Crippen molar-refractivity contribution in [3.05, 3.63) is 121 Å². The van der Waals surface area contributed by atoms with Gasteiger partial charge in [-0.05, 0) is 41.3 Å². The van der Waals surface area contributed by atoms with Gasteiger partial charge < -0.3 is 15.0 Å². The van der Waals surface area contributed by atoms with Gasteiger partial charge in [0.1, 0.15) is 11.0 Å². The maximum atomic E-state index is 13.9. The zero-order chi connectivity index (χ0) is 31.2. The molecule has 0 aliphatic carbocycles. The molecule has 1 fully saturated rings. The van der Waals surface area contributed by atoms with E-state index in [-0.39, 0.29) is 28.8 Å². The number of nitro benzene ring substituents is 1. The van der Waals surface area contributed by atoms with Crippen molar-refractivity contribution in [2.45, 2.75) is 16.2 Å². The number of carbonyl (C=O) groups excluding carboxylic acids is 3. The number of aromatic nitrogens is 1. The number of nitrogens with zero attached hydrogens (tertiary/aromatic N) is 2. The van der Waals surface area contributed by atoms with E-state index in [1.54, 1.807) is 24.3 Å². The molecular weight excluding hydrogens is 617 g/mol. The molecule has 11 nitrogen and oxygen atoms in total. The standard InChI is InChI=1S/C32H22N4O7S2/c37-24(33-23-10-4-6-17-5-1-2-9-22(17)23)16-43-21-8-3-7-18(15-21)25-26-28(44-29-27(25)45-32(40)34-29)31(39)35(30(26)38)19-11-13-20(14-12-19)36(41)42/h1-15,25-26,28H,16H2,(H,33,37)(H,34,40)/t25-,26-,28+/m0/s1. The fourth-order valence-corrected chi connectivity index (χ4v) is 8.34. The average molecular weight is 639 g/mol. The number of anilines is 2. The Morgan fingerprint density at radius 1 is 0.956 bits per heavy atom. The number of H-pyrrole nitrogens is 1. The summed E-state index contributed by atoms with van der Waals surface area (Å²) in [5.74, 6) is -2.41. The second-order valence-electron chi connectivity index (χ2n) is 10.5. The number of hydrogen-bond donors (Lipinski definition) is 2. The van der Waals surface area contributed by atoms with Crippen molar-refractivity contribution in [2.24, 2.45) is 5.92 Å². The number of benzene rings is 4. The van der Waals surface area contributed by atoms with Crippen LogP contribution in [0.1, 0.15) is 16.4 Å². The molecule has 3 amide bonds. The largest absolute Gasteiger partial charge is 0.484 e. The van der Waals surface area contributed by atoms with Crippen LogP contribution in [0.3, 0.4) is 0 Å². The summed E-state index contributed by atoms with van der Waals surface area (Å²) in [7, 11) is 0. The molecule has 2 N–H and O–H groups in total. The molecule has 0 saturated carbocycles. The molecule has 2 aliphatic rings. The molecule has 3 heterocycles. The van der Waals surface area contributed by atoms with Crippen LogP contribution in [0.4, 0.5) is 17.1 Å². The third-order valence-corrected chi connectivity index (χ3v) is 10.2. The van der Waals surface area contributed by atoms with Gasteiger partial charge >= 0.3 is 4.87 Å². The number of nitrogens with one attached hydrogen (secondary N) is 2. The summed E-state index contributed by atoms with van der Waals surface area (Å²) in [5.41, 5.74) is 1.37. The molecule has 13 heteroatoms. The van der Waals surface area contributed by atoms with Crippen LogP contribution in [0.2, 0.25) is 0 Å². The Labute approximate surface area is 263 Å². The number of non-ortho nitro benzene ring substituents is 1. The first-order valence-electron chi connectivity index (χ1n) is 13.8. The summed E-state index contributed by atoms with van der Waals surface area (Å²) in [6.07, 6.45) is 0. The lowest BCUT2D eigenvalue weighted by Crippen LogP contribution is -2.32. The molecule has 1 aromatic heterocycles. The molecule has 1 saturated heterocycles. The maximum absolute atomic E-state index is 13.9. The molecular formula is C32H22N4O7S2. The number of thiazole rings is 1. The molecule has 0 radical (unpaired) electrons. The van der Waals surface area contributed by atoms with Gasteiger partial charge in [-0.25, -0.2) is 4.90 Å². The quantitative estimate of drug-likeness (QED) is 0.138. The van der Waals surface area contributed by atoms with Crippen molar-refractivity contribution in [1.82, 2.24) is 4.98 Å². The van der Waals surface area contributed by atoms with E-state index in [1.165, 1.54) is 24.3 Å². The summed E-state index contributed by atoms with van der Waals surface area (Å²) in [6.45, 7) is -0.271. The molecule has 0 spiro atoms. The Morgan fingerprint density at radius 3 is 2.51 bits per heavy atom. The third kappa shape index (κ3) is 5.15. The van der Waals surface area contributed by atoms with Crippen LogP contribution >= 0.6 is 23.1 Å². The lowest BCUT2D eigenvalue weighted by Gasteiger charge is -2.30. The first kappa shape index (κ1) is 28.5.